The van der Waals surface area contributed by atoms with E-state index in [4.69, 9.17) is 0 Å². The molecule has 1 N–H and O–H groups in total. The molecule has 1 aromatic carbocycles. The molecule has 0 aliphatic rings. The van der Waals surface area contributed by atoms with Crippen LogP contribution in [0.1, 0.15) is 35.3 Å². The molecular weight excluding hydrogens is 242 g/mol. The van der Waals surface area contributed by atoms with E-state index in [9.17, 15) is 4.79 Å². The van der Waals surface area contributed by atoms with Crippen LogP contribution in [0, 0.1) is 6.92 Å². The third-order valence-corrected chi connectivity index (χ3v) is 3.13. The van der Waals surface area contributed by atoms with Gasteiger partial charge in [0.05, 0.1) is 0 Å². The van der Waals surface area contributed by atoms with Crippen molar-refractivity contribution in [1.29, 1.82) is 0 Å². The van der Waals surface area contributed by atoms with E-state index in [0.29, 0.717) is 18.1 Å². The van der Waals surface area contributed by atoms with E-state index < -0.39 is 0 Å². The van der Waals surface area contributed by atoms with Crippen LogP contribution in [0.25, 0.3) is 0 Å². The quantitative estimate of drug-likeness (QED) is 0.909. The fraction of sp³-hybridized carbons (Fsp3) is 0.385. The van der Waals surface area contributed by atoms with E-state index >= 15 is 0 Å². The lowest BCUT2D eigenvalue weighted by atomic mass is 10.0. The van der Waals surface area contributed by atoms with Crippen molar-refractivity contribution < 1.29 is 4.79 Å². The summed E-state index contributed by atoms with van der Waals surface area (Å²) >= 11 is 0. The normalized spacial score (nSPS) is 10.5. The molecule has 0 unspecified atom stereocenters. The van der Waals surface area contributed by atoms with Crippen molar-refractivity contribution >= 4 is 11.9 Å². The third kappa shape index (κ3) is 2.62. The second-order valence-corrected chi connectivity index (χ2v) is 4.22. The van der Waals surface area contributed by atoms with Gasteiger partial charge in [0.25, 0.3) is 5.91 Å². The molecular formula is C13H17N5O. The summed E-state index contributed by atoms with van der Waals surface area (Å²) in [5.41, 5.74) is 2.82. The first-order valence-electron chi connectivity index (χ1n) is 6.33. The zero-order valence-electron chi connectivity index (χ0n) is 11.3. The summed E-state index contributed by atoms with van der Waals surface area (Å²) in [5, 5.41) is 13.9. The van der Waals surface area contributed by atoms with E-state index in [0.717, 1.165) is 12.0 Å². The molecule has 0 aliphatic heterocycles. The number of anilines is 1. The molecule has 100 valence electrons. The average molecular weight is 259 g/mol. The number of rotatable bonds is 4. The monoisotopic (exact) mass is 259 g/mol. The van der Waals surface area contributed by atoms with Crippen LogP contribution < -0.4 is 5.32 Å². The highest BCUT2D eigenvalue weighted by atomic mass is 16.1. The highest BCUT2D eigenvalue weighted by Crippen LogP contribution is 2.15. The minimum absolute atomic E-state index is 0.183. The Morgan fingerprint density at radius 1 is 1.37 bits per heavy atom. The number of benzene rings is 1. The number of hydrogen-bond donors (Lipinski definition) is 1. The van der Waals surface area contributed by atoms with Crippen molar-refractivity contribution in [3.05, 3.63) is 34.9 Å². The van der Waals surface area contributed by atoms with Gasteiger partial charge in [-0.1, -0.05) is 24.2 Å². The number of carbonyl (C=O) groups excluding carboxylic acids is 1. The van der Waals surface area contributed by atoms with Crippen molar-refractivity contribution in [3.8, 4) is 0 Å². The Bertz CT molecular complexity index is 590. The molecule has 0 radical (unpaired) electrons. The second kappa shape index (κ2) is 5.60. The molecule has 0 spiro atoms. The van der Waals surface area contributed by atoms with Gasteiger partial charge in [0.2, 0.25) is 5.95 Å². The Kier molecular flexibility index (Phi) is 3.89. The highest BCUT2D eigenvalue weighted by molar-refractivity contribution is 6.04. The molecule has 1 aromatic heterocycles. The van der Waals surface area contributed by atoms with Crippen LogP contribution >= 0.6 is 0 Å². The lowest BCUT2D eigenvalue weighted by Gasteiger charge is -2.10. The fourth-order valence-electron chi connectivity index (χ4n) is 1.99. The number of tetrazole rings is 1. The number of aryl methyl sites for hydroxylation is 2. The molecule has 2 rings (SSSR count). The average Bonchev–Trinajstić information content (AvgIpc) is 2.86. The zero-order valence-corrected chi connectivity index (χ0v) is 11.3. The molecule has 6 nitrogen and oxygen atoms in total. The number of carbonyl (C=O) groups is 1. The number of hydrogen-bond acceptors (Lipinski definition) is 4. The smallest absolute Gasteiger partial charge is 0.258 e. The minimum Gasteiger partial charge on any atom is -0.289 e. The van der Waals surface area contributed by atoms with Gasteiger partial charge in [-0.15, -0.1) is 0 Å². The van der Waals surface area contributed by atoms with Crippen LogP contribution in [-0.2, 0) is 13.0 Å². The van der Waals surface area contributed by atoms with Gasteiger partial charge in [0, 0.05) is 12.1 Å². The van der Waals surface area contributed by atoms with Crippen LogP contribution in [-0.4, -0.2) is 26.1 Å². The van der Waals surface area contributed by atoms with Gasteiger partial charge < -0.3 is 0 Å². The second-order valence-electron chi connectivity index (χ2n) is 4.22. The van der Waals surface area contributed by atoms with E-state index in [1.807, 2.05) is 32.0 Å². The summed E-state index contributed by atoms with van der Waals surface area (Å²) in [7, 11) is 0. The maximum absolute atomic E-state index is 12.2. The van der Waals surface area contributed by atoms with Crippen LogP contribution in [0.4, 0.5) is 5.95 Å². The van der Waals surface area contributed by atoms with Gasteiger partial charge in [-0.05, 0) is 47.9 Å². The summed E-state index contributed by atoms with van der Waals surface area (Å²) in [6, 6.07) is 5.73. The number of nitrogens with zero attached hydrogens (tertiary/aromatic N) is 4. The fourth-order valence-corrected chi connectivity index (χ4v) is 1.99. The lowest BCUT2D eigenvalue weighted by Crippen LogP contribution is -2.17. The molecule has 19 heavy (non-hydrogen) atoms. The predicted octanol–water partition coefficient (Wildman–Crippen LogP) is 1.82. The SMILES string of the molecule is CCc1cccc(C(=O)Nc2nnnn2CC)c1C. The number of aromatic nitrogens is 4. The molecule has 0 aliphatic carbocycles. The van der Waals surface area contributed by atoms with E-state index in [2.05, 4.69) is 27.8 Å². The lowest BCUT2D eigenvalue weighted by molar-refractivity contribution is 0.102. The first-order valence-corrected chi connectivity index (χ1v) is 6.33. The Morgan fingerprint density at radius 2 is 2.16 bits per heavy atom. The van der Waals surface area contributed by atoms with E-state index in [-0.39, 0.29) is 5.91 Å². The molecule has 2 aromatic rings. The topological polar surface area (TPSA) is 72.7 Å². The van der Waals surface area contributed by atoms with Gasteiger partial charge in [-0.2, -0.15) is 0 Å². The van der Waals surface area contributed by atoms with Crippen molar-refractivity contribution in [2.45, 2.75) is 33.7 Å². The molecule has 1 amide bonds. The zero-order chi connectivity index (χ0) is 13.8. The van der Waals surface area contributed by atoms with E-state index in [1.54, 1.807) is 0 Å². The van der Waals surface area contributed by atoms with Crippen LogP contribution in [0.15, 0.2) is 18.2 Å². The van der Waals surface area contributed by atoms with Crippen molar-refractivity contribution in [2.24, 2.45) is 0 Å². The van der Waals surface area contributed by atoms with E-state index in [1.165, 1.54) is 10.2 Å². The molecule has 0 atom stereocenters. The maximum Gasteiger partial charge on any atom is 0.258 e. The minimum atomic E-state index is -0.183. The molecule has 0 saturated heterocycles. The molecule has 6 heteroatoms. The van der Waals surface area contributed by atoms with Crippen molar-refractivity contribution in [1.82, 2.24) is 20.2 Å². The highest BCUT2D eigenvalue weighted by Gasteiger charge is 2.14. The van der Waals surface area contributed by atoms with Gasteiger partial charge in [-0.3, -0.25) is 10.1 Å². The van der Waals surface area contributed by atoms with Crippen molar-refractivity contribution in [3.63, 3.8) is 0 Å². The van der Waals surface area contributed by atoms with Gasteiger partial charge in [0.1, 0.15) is 0 Å². The molecule has 0 saturated carbocycles. The number of amides is 1. The van der Waals surface area contributed by atoms with Gasteiger partial charge in [-0.25, -0.2) is 4.68 Å². The summed E-state index contributed by atoms with van der Waals surface area (Å²) in [6.07, 6.45) is 0.902. The Labute approximate surface area is 111 Å². The maximum atomic E-state index is 12.2. The Hall–Kier alpha value is -2.24. The first-order chi connectivity index (χ1) is 9.17. The van der Waals surface area contributed by atoms with Gasteiger partial charge in [0.15, 0.2) is 0 Å². The Morgan fingerprint density at radius 3 is 2.84 bits per heavy atom. The molecule has 0 fully saturated rings. The van der Waals surface area contributed by atoms with Crippen LogP contribution in [0.3, 0.4) is 0 Å². The molecule has 0 bridgehead atoms. The number of nitrogens with one attached hydrogen (secondary N) is 1. The summed E-state index contributed by atoms with van der Waals surface area (Å²) in [4.78, 5) is 12.2. The summed E-state index contributed by atoms with van der Waals surface area (Å²) < 4.78 is 1.54. The summed E-state index contributed by atoms with van der Waals surface area (Å²) in [6.45, 7) is 6.55. The predicted molar refractivity (Wildman–Crippen MR) is 72.0 cm³/mol. The van der Waals surface area contributed by atoms with Crippen LogP contribution in [0.5, 0.6) is 0 Å². The summed E-state index contributed by atoms with van der Waals surface area (Å²) in [5.74, 6) is 0.186. The molecule has 1 heterocycles. The third-order valence-electron chi connectivity index (χ3n) is 3.13. The van der Waals surface area contributed by atoms with Crippen LogP contribution in [0.2, 0.25) is 0 Å². The van der Waals surface area contributed by atoms with Crippen molar-refractivity contribution in [2.75, 3.05) is 5.32 Å². The Balaban J connectivity index is 2.26. The first kappa shape index (κ1) is 13.2. The van der Waals surface area contributed by atoms with Gasteiger partial charge >= 0.3 is 0 Å². The standard InChI is InChI=1S/C13H17N5O/c1-4-10-7-6-8-11(9(10)3)12(19)14-13-15-16-17-18(13)5-2/h6-8H,4-5H2,1-3H3,(H,14,15,17,19). The largest absolute Gasteiger partial charge is 0.289 e.